The number of allylic oxidation sites excluding steroid dienone is 2. The zero-order valence-electron chi connectivity index (χ0n) is 9.31. The van der Waals surface area contributed by atoms with Gasteiger partial charge in [-0.1, -0.05) is 28.1 Å². The van der Waals surface area contributed by atoms with Crippen LogP contribution in [0, 0.1) is 17.3 Å². The van der Waals surface area contributed by atoms with Gasteiger partial charge in [0.05, 0.1) is 0 Å². The molecule has 2 unspecified atom stereocenters. The Morgan fingerprint density at radius 3 is 2.35 bits per heavy atom. The summed E-state index contributed by atoms with van der Waals surface area (Å²) in [7, 11) is 0. The molecule has 0 aromatic carbocycles. The Labute approximate surface area is 107 Å². The van der Waals surface area contributed by atoms with Crippen molar-refractivity contribution in [3.05, 3.63) is 22.2 Å². The number of halogens is 1. The first-order valence-corrected chi connectivity index (χ1v) is 6.23. The summed E-state index contributed by atoms with van der Waals surface area (Å²) in [4.78, 5) is 22.7. The molecule has 0 aromatic rings. The van der Waals surface area contributed by atoms with Crippen molar-refractivity contribution in [1.82, 2.24) is 0 Å². The summed E-state index contributed by atoms with van der Waals surface area (Å²) in [5.41, 5.74) is -0.954. The van der Waals surface area contributed by atoms with Gasteiger partial charge in [0.15, 0.2) is 0 Å². The molecule has 1 saturated carbocycles. The molecule has 2 aliphatic carbocycles. The molecule has 2 N–H and O–H groups in total. The van der Waals surface area contributed by atoms with Gasteiger partial charge in [-0.25, -0.2) is 4.79 Å². The van der Waals surface area contributed by atoms with Crippen molar-refractivity contribution in [2.45, 2.75) is 19.8 Å². The molecule has 17 heavy (non-hydrogen) atoms. The van der Waals surface area contributed by atoms with E-state index in [1.165, 1.54) is 12.2 Å². The van der Waals surface area contributed by atoms with Crippen LogP contribution < -0.4 is 0 Å². The molecule has 0 radical (unpaired) electrons. The molecule has 0 amide bonds. The largest absolute Gasteiger partial charge is 0.481 e. The zero-order valence-corrected chi connectivity index (χ0v) is 10.9. The molecule has 0 aromatic heterocycles. The molecular weight excluding hydrogens is 288 g/mol. The Hall–Kier alpha value is -1.10. The van der Waals surface area contributed by atoms with Crippen molar-refractivity contribution in [2.75, 3.05) is 0 Å². The van der Waals surface area contributed by atoms with Crippen molar-refractivity contribution >= 4 is 27.9 Å². The second-order valence-corrected chi connectivity index (χ2v) is 5.62. The topological polar surface area (TPSA) is 74.6 Å². The van der Waals surface area contributed by atoms with Crippen LogP contribution in [0.25, 0.3) is 0 Å². The van der Waals surface area contributed by atoms with Gasteiger partial charge in [-0.2, -0.15) is 0 Å². The maximum Gasteiger partial charge on any atom is 0.331 e. The maximum absolute atomic E-state index is 11.5. The SMILES string of the molecule is CC1(C(=O)O)C(Br)=CC=C(C(=O)O)C1C1CC1. The van der Waals surface area contributed by atoms with Gasteiger partial charge in [-0.05, 0) is 25.7 Å². The molecule has 4 nitrogen and oxygen atoms in total. The van der Waals surface area contributed by atoms with Crippen LogP contribution in [0.1, 0.15) is 19.8 Å². The second kappa shape index (κ2) is 3.98. The minimum absolute atomic E-state index is 0.166. The summed E-state index contributed by atoms with van der Waals surface area (Å²) in [6.45, 7) is 1.59. The highest BCUT2D eigenvalue weighted by Gasteiger charge is 2.54. The predicted octanol–water partition coefficient (Wildman–Crippen LogP) is 2.41. The molecule has 2 rings (SSSR count). The second-order valence-electron chi connectivity index (χ2n) is 4.76. The molecule has 0 heterocycles. The van der Waals surface area contributed by atoms with Gasteiger partial charge in [0.25, 0.3) is 0 Å². The van der Waals surface area contributed by atoms with E-state index < -0.39 is 23.3 Å². The lowest BCUT2D eigenvalue weighted by atomic mass is 9.68. The Kier molecular flexibility index (Phi) is 2.89. The maximum atomic E-state index is 11.5. The Morgan fingerprint density at radius 2 is 1.94 bits per heavy atom. The highest BCUT2D eigenvalue weighted by Crippen LogP contribution is 2.55. The molecular formula is C12H13BrO4. The molecule has 2 atom stereocenters. The third kappa shape index (κ3) is 1.82. The quantitative estimate of drug-likeness (QED) is 0.839. The fourth-order valence-electron chi connectivity index (χ4n) is 2.49. The average molecular weight is 301 g/mol. The number of hydrogen-bond donors (Lipinski definition) is 2. The highest BCUT2D eigenvalue weighted by molar-refractivity contribution is 9.11. The first kappa shape index (κ1) is 12.4. The standard InChI is InChI=1S/C12H13BrO4/c1-12(11(16)17)8(13)5-4-7(10(14)15)9(12)6-2-3-6/h4-6,9H,2-3H2,1H3,(H,14,15)(H,16,17). The van der Waals surface area contributed by atoms with Gasteiger partial charge in [-0.15, -0.1) is 0 Å². The van der Waals surface area contributed by atoms with E-state index in [1.807, 2.05) is 0 Å². The molecule has 0 saturated heterocycles. The molecule has 0 aliphatic heterocycles. The van der Waals surface area contributed by atoms with Crippen LogP contribution in [0.2, 0.25) is 0 Å². The number of aliphatic carboxylic acids is 2. The van der Waals surface area contributed by atoms with Gasteiger partial charge in [-0.3, -0.25) is 4.79 Å². The van der Waals surface area contributed by atoms with Crippen LogP contribution in [0.5, 0.6) is 0 Å². The highest BCUT2D eigenvalue weighted by atomic mass is 79.9. The molecule has 5 heteroatoms. The van der Waals surface area contributed by atoms with Gasteiger partial charge >= 0.3 is 11.9 Å². The van der Waals surface area contributed by atoms with E-state index in [0.717, 1.165) is 12.8 Å². The fraction of sp³-hybridized carbons (Fsp3) is 0.500. The van der Waals surface area contributed by atoms with Crippen LogP contribution in [0.3, 0.4) is 0 Å². The summed E-state index contributed by atoms with van der Waals surface area (Å²) >= 11 is 3.27. The summed E-state index contributed by atoms with van der Waals surface area (Å²) < 4.78 is 0.541. The molecule has 92 valence electrons. The zero-order chi connectivity index (χ0) is 12.8. The van der Waals surface area contributed by atoms with E-state index in [2.05, 4.69) is 15.9 Å². The van der Waals surface area contributed by atoms with Crippen molar-refractivity contribution in [3.63, 3.8) is 0 Å². The van der Waals surface area contributed by atoms with Gasteiger partial charge in [0, 0.05) is 16.0 Å². The minimum Gasteiger partial charge on any atom is -0.481 e. The lowest BCUT2D eigenvalue weighted by Gasteiger charge is -2.36. The number of rotatable bonds is 3. The number of hydrogen-bond acceptors (Lipinski definition) is 2. The summed E-state index contributed by atoms with van der Waals surface area (Å²) in [5.74, 6) is -2.29. The van der Waals surface area contributed by atoms with E-state index in [4.69, 9.17) is 0 Å². The van der Waals surface area contributed by atoms with Crippen molar-refractivity contribution in [1.29, 1.82) is 0 Å². The van der Waals surface area contributed by atoms with E-state index in [-0.39, 0.29) is 11.5 Å². The molecule has 2 aliphatic rings. The number of carboxylic acids is 2. The summed E-state index contributed by atoms with van der Waals surface area (Å²) in [6, 6.07) is 0. The summed E-state index contributed by atoms with van der Waals surface area (Å²) in [5, 5.41) is 18.6. The first-order valence-electron chi connectivity index (χ1n) is 5.43. The predicted molar refractivity (Wildman–Crippen MR) is 64.7 cm³/mol. The van der Waals surface area contributed by atoms with Crippen LogP contribution in [0.4, 0.5) is 0 Å². The Morgan fingerprint density at radius 1 is 1.35 bits per heavy atom. The van der Waals surface area contributed by atoms with Crippen LogP contribution >= 0.6 is 15.9 Å². The monoisotopic (exact) mass is 300 g/mol. The van der Waals surface area contributed by atoms with Crippen molar-refractivity contribution in [3.8, 4) is 0 Å². The van der Waals surface area contributed by atoms with Crippen LogP contribution in [-0.4, -0.2) is 22.2 Å². The smallest absolute Gasteiger partial charge is 0.331 e. The van der Waals surface area contributed by atoms with Crippen LogP contribution in [-0.2, 0) is 9.59 Å². The molecule has 0 bridgehead atoms. The Bertz CT molecular complexity index is 447. The third-order valence-corrected chi connectivity index (χ3v) is 4.74. The molecule has 1 fully saturated rings. The fourth-order valence-corrected chi connectivity index (χ4v) is 3.04. The summed E-state index contributed by atoms with van der Waals surface area (Å²) in [6.07, 6.45) is 4.85. The number of carbonyl (C=O) groups is 2. The minimum atomic E-state index is -1.16. The van der Waals surface area contributed by atoms with E-state index in [9.17, 15) is 19.8 Å². The average Bonchev–Trinajstić information content (AvgIpc) is 3.04. The van der Waals surface area contributed by atoms with E-state index >= 15 is 0 Å². The van der Waals surface area contributed by atoms with E-state index in [1.54, 1.807) is 6.92 Å². The van der Waals surface area contributed by atoms with Gasteiger partial charge < -0.3 is 10.2 Å². The Balaban J connectivity index is 2.51. The first-order chi connectivity index (χ1) is 7.89. The van der Waals surface area contributed by atoms with Gasteiger partial charge in [0.2, 0.25) is 0 Å². The van der Waals surface area contributed by atoms with E-state index in [0.29, 0.717) is 4.48 Å². The lowest BCUT2D eigenvalue weighted by Crippen LogP contribution is -2.41. The van der Waals surface area contributed by atoms with Crippen molar-refractivity contribution in [2.24, 2.45) is 17.3 Å². The number of carboxylic acid groups (broad SMARTS) is 2. The van der Waals surface area contributed by atoms with Gasteiger partial charge in [0.1, 0.15) is 5.41 Å². The normalized spacial score (nSPS) is 32.7. The lowest BCUT2D eigenvalue weighted by molar-refractivity contribution is -0.148. The van der Waals surface area contributed by atoms with Crippen molar-refractivity contribution < 1.29 is 19.8 Å². The van der Waals surface area contributed by atoms with Crippen LogP contribution in [0.15, 0.2) is 22.2 Å². The third-order valence-electron chi connectivity index (χ3n) is 3.65. The molecule has 0 spiro atoms.